The number of thiophene rings is 1. The van der Waals surface area contributed by atoms with E-state index in [1.54, 1.807) is 17.7 Å². The standard InChI is InChI=1S/C25H23ClN4O3S/c1-15-3-2-4-17(29-15)13-31-20-6-5-16(11-19(20)26)30-23-22-18-7-8-25(32-9-10-33-25)12-21(18)34-24(22)28-14-27-23/h2-6,11,14H,7-10,12-13H2,1H3,(H,27,28,30). The third-order valence-electron chi connectivity index (χ3n) is 6.19. The number of pyridine rings is 1. The minimum absolute atomic E-state index is 0.358. The number of rotatable bonds is 5. The first-order valence-corrected chi connectivity index (χ1v) is 12.4. The highest BCUT2D eigenvalue weighted by Gasteiger charge is 2.41. The van der Waals surface area contributed by atoms with Crippen LogP contribution in [0.2, 0.25) is 5.02 Å². The molecule has 3 aromatic heterocycles. The summed E-state index contributed by atoms with van der Waals surface area (Å²) in [6.45, 7) is 3.64. The fraction of sp³-hybridized carbons (Fsp3) is 0.320. The molecule has 0 radical (unpaired) electrons. The van der Waals surface area contributed by atoms with Gasteiger partial charge >= 0.3 is 0 Å². The zero-order valence-electron chi connectivity index (χ0n) is 18.6. The van der Waals surface area contributed by atoms with E-state index >= 15 is 0 Å². The summed E-state index contributed by atoms with van der Waals surface area (Å²) in [7, 11) is 0. The van der Waals surface area contributed by atoms with E-state index in [0.717, 1.165) is 52.4 Å². The van der Waals surface area contributed by atoms with Crippen molar-refractivity contribution in [3.63, 3.8) is 0 Å². The van der Waals surface area contributed by atoms with Gasteiger partial charge in [0, 0.05) is 29.1 Å². The number of hydrogen-bond acceptors (Lipinski definition) is 8. The lowest BCUT2D eigenvalue weighted by Crippen LogP contribution is -2.36. The van der Waals surface area contributed by atoms with Gasteiger partial charge in [-0.05, 0) is 49.2 Å². The molecule has 6 rings (SSSR count). The Labute approximate surface area is 206 Å². The van der Waals surface area contributed by atoms with Gasteiger partial charge in [0.2, 0.25) is 0 Å². The molecule has 2 aliphatic rings. The molecule has 1 aliphatic heterocycles. The van der Waals surface area contributed by atoms with Crippen molar-refractivity contribution >= 4 is 44.7 Å². The molecule has 9 heteroatoms. The lowest BCUT2D eigenvalue weighted by molar-refractivity contribution is -0.163. The summed E-state index contributed by atoms with van der Waals surface area (Å²) in [4.78, 5) is 15.8. The molecule has 4 aromatic rings. The predicted octanol–water partition coefficient (Wildman–Crippen LogP) is 5.60. The van der Waals surface area contributed by atoms with Gasteiger partial charge in [-0.25, -0.2) is 9.97 Å². The van der Waals surface area contributed by atoms with Crippen LogP contribution in [-0.2, 0) is 28.9 Å². The van der Waals surface area contributed by atoms with Gasteiger partial charge in [-0.15, -0.1) is 11.3 Å². The molecule has 1 saturated heterocycles. The average molecular weight is 495 g/mol. The van der Waals surface area contributed by atoms with Crippen molar-refractivity contribution in [3.05, 3.63) is 69.6 Å². The first kappa shape index (κ1) is 21.7. The number of benzene rings is 1. The Bertz CT molecular complexity index is 1370. The highest BCUT2D eigenvalue weighted by Crippen LogP contribution is 2.44. The van der Waals surface area contributed by atoms with Crippen LogP contribution in [0.4, 0.5) is 11.5 Å². The quantitative estimate of drug-likeness (QED) is 0.386. The third-order valence-corrected chi connectivity index (χ3v) is 7.62. The second kappa shape index (κ2) is 8.78. The molecule has 1 N–H and O–H groups in total. The Morgan fingerprint density at radius 3 is 2.88 bits per heavy atom. The number of aryl methyl sites for hydroxylation is 2. The van der Waals surface area contributed by atoms with E-state index in [1.807, 2.05) is 43.3 Å². The van der Waals surface area contributed by atoms with Gasteiger partial charge in [0.1, 0.15) is 29.3 Å². The van der Waals surface area contributed by atoms with Crippen LogP contribution in [0, 0.1) is 6.92 Å². The van der Waals surface area contributed by atoms with Crippen molar-refractivity contribution in [2.45, 2.75) is 38.6 Å². The Hall–Kier alpha value is -2.78. The van der Waals surface area contributed by atoms with Gasteiger partial charge in [0.15, 0.2) is 5.79 Å². The van der Waals surface area contributed by atoms with Crippen LogP contribution in [0.5, 0.6) is 5.75 Å². The van der Waals surface area contributed by atoms with Crippen LogP contribution in [0.15, 0.2) is 42.7 Å². The van der Waals surface area contributed by atoms with Crippen molar-refractivity contribution < 1.29 is 14.2 Å². The normalized spacial score (nSPS) is 16.6. The van der Waals surface area contributed by atoms with Gasteiger partial charge in [-0.1, -0.05) is 17.7 Å². The molecule has 0 atom stereocenters. The Morgan fingerprint density at radius 2 is 2.06 bits per heavy atom. The van der Waals surface area contributed by atoms with Crippen molar-refractivity contribution in [3.8, 4) is 5.75 Å². The summed E-state index contributed by atoms with van der Waals surface area (Å²) in [5, 5.41) is 5.02. The number of hydrogen-bond donors (Lipinski definition) is 1. The molecule has 0 bridgehead atoms. The molecule has 4 heterocycles. The first-order chi connectivity index (χ1) is 16.6. The molecule has 0 saturated carbocycles. The number of nitrogens with zero attached hydrogens (tertiary/aromatic N) is 3. The second-order valence-electron chi connectivity index (χ2n) is 8.52. The Balaban J connectivity index is 1.23. The summed E-state index contributed by atoms with van der Waals surface area (Å²) in [5.41, 5.74) is 3.93. The highest BCUT2D eigenvalue weighted by atomic mass is 35.5. The van der Waals surface area contributed by atoms with E-state index in [0.29, 0.717) is 30.6 Å². The molecule has 7 nitrogen and oxygen atoms in total. The van der Waals surface area contributed by atoms with E-state index < -0.39 is 5.79 Å². The van der Waals surface area contributed by atoms with Crippen LogP contribution in [-0.4, -0.2) is 34.0 Å². The minimum atomic E-state index is -0.466. The predicted molar refractivity (Wildman–Crippen MR) is 132 cm³/mol. The molecule has 34 heavy (non-hydrogen) atoms. The summed E-state index contributed by atoms with van der Waals surface area (Å²) in [5.74, 6) is 0.921. The van der Waals surface area contributed by atoms with Crippen LogP contribution in [0.1, 0.15) is 28.2 Å². The zero-order chi connectivity index (χ0) is 23.1. The topological polar surface area (TPSA) is 78.4 Å². The smallest absolute Gasteiger partial charge is 0.173 e. The van der Waals surface area contributed by atoms with Crippen molar-refractivity contribution in [2.24, 2.45) is 0 Å². The number of halogens is 1. The second-order valence-corrected chi connectivity index (χ2v) is 10.0. The van der Waals surface area contributed by atoms with Crippen LogP contribution >= 0.6 is 22.9 Å². The lowest BCUT2D eigenvalue weighted by atomic mass is 9.92. The van der Waals surface area contributed by atoms with Gasteiger partial charge in [0.05, 0.1) is 29.3 Å². The molecule has 0 amide bonds. The van der Waals surface area contributed by atoms with Gasteiger partial charge < -0.3 is 19.5 Å². The Morgan fingerprint density at radius 1 is 1.18 bits per heavy atom. The third kappa shape index (κ3) is 4.11. The molecular weight excluding hydrogens is 472 g/mol. The van der Waals surface area contributed by atoms with Gasteiger partial charge in [-0.3, -0.25) is 4.98 Å². The minimum Gasteiger partial charge on any atom is -0.486 e. The maximum Gasteiger partial charge on any atom is 0.173 e. The van der Waals surface area contributed by atoms with Crippen LogP contribution < -0.4 is 10.1 Å². The van der Waals surface area contributed by atoms with E-state index in [9.17, 15) is 0 Å². The average Bonchev–Trinajstić information content (AvgIpc) is 3.43. The maximum atomic E-state index is 6.53. The van der Waals surface area contributed by atoms with E-state index in [-0.39, 0.29) is 0 Å². The molecule has 174 valence electrons. The van der Waals surface area contributed by atoms with Crippen LogP contribution in [0.25, 0.3) is 10.2 Å². The number of nitrogens with one attached hydrogen (secondary N) is 1. The van der Waals surface area contributed by atoms with Crippen molar-refractivity contribution in [1.29, 1.82) is 0 Å². The first-order valence-electron chi connectivity index (χ1n) is 11.2. The van der Waals surface area contributed by atoms with Gasteiger partial charge in [-0.2, -0.15) is 0 Å². The Kier molecular flexibility index (Phi) is 5.61. The highest BCUT2D eigenvalue weighted by molar-refractivity contribution is 7.19. The molecule has 1 spiro atoms. The SMILES string of the molecule is Cc1cccc(COc2ccc(Nc3ncnc4sc5c(c34)CCC3(C5)OCCO3)cc2Cl)n1. The van der Waals surface area contributed by atoms with Gasteiger partial charge in [0.25, 0.3) is 0 Å². The molecule has 0 unspecified atom stereocenters. The molecule has 1 aliphatic carbocycles. The van der Waals surface area contributed by atoms with Crippen molar-refractivity contribution in [2.75, 3.05) is 18.5 Å². The zero-order valence-corrected chi connectivity index (χ0v) is 20.2. The number of fused-ring (bicyclic) bond motifs is 3. The molecule has 1 aromatic carbocycles. The summed E-state index contributed by atoms with van der Waals surface area (Å²) in [6.07, 6.45) is 4.07. The number of anilines is 2. The van der Waals surface area contributed by atoms with E-state index in [1.165, 1.54) is 10.4 Å². The summed E-state index contributed by atoms with van der Waals surface area (Å²) >= 11 is 8.22. The van der Waals surface area contributed by atoms with Crippen LogP contribution in [0.3, 0.4) is 0 Å². The molecule has 1 fully saturated rings. The maximum absolute atomic E-state index is 6.53. The van der Waals surface area contributed by atoms with E-state index in [2.05, 4.69) is 20.3 Å². The summed E-state index contributed by atoms with van der Waals surface area (Å²) in [6, 6.07) is 11.5. The number of aromatic nitrogens is 3. The fourth-order valence-corrected chi connectivity index (χ4v) is 6.10. The fourth-order valence-electron chi connectivity index (χ4n) is 4.59. The monoisotopic (exact) mass is 494 g/mol. The van der Waals surface area contributed by atoms with E-state index in [4.69, 9.17) is 25.8 Å². The van der Waals surface area contributed by atoms with Crippen molar-refractivity contribution in [1.82, 2.24) is 15.0 Å². The molecular formula is C25H23ClN4O3S. The largest absolute Gasteiger partial charge is 0.486 e. The number of ether oxygens (including phenoxy) is 3. The summed E-state index contributed by atoms with van der Waals surface area (Å²) < 4.78 is 17.8. The lowest BCUT2D eigenvalue weighted by Gasteiger charge is -2.31.